The standard InChI is InChI=1S/C15H16N2O5S/c1-21-14-6-4-3-5-13(14)17-23(19,20)12-9-7-11(8-10-12)16-15(18)22-2/h3-10,17H,1-2H3,(H,16,18). The monoisotopic (exact) mass is 336 g/mol. The van der Waals surface area contributed by atoms with Crippen LogP contribution in [-0.2, 0) is 14.8 Å². The van der Waals surface area contributed by atoms with E-state index in [0.29, 0.717) is 17.1 Å². The van der Waals surface area contributed by atoms with Crippen LogP contribution in [0.1, 0.15) is 0 Å². The maximum atomic E-state index is 12.4. The number of benzene rings is 2. The highest BCUT2D eigenvalue weighted by Crippen LogP contribution is 2.26. The smallest absolute Gasteiger partial charge is 0.411 e. The van der Waals surface area contributed by atoms with Crippen molar-refractivity contribution >= 4 is 27.5 Å². The number of hydrogen-bond donors (Lipinski definition) is 2. The van der Waals surface area contributed by atoms with Gasteiger partial charge in [-0.25, -0.2) is 13.2 Å². The Morgan fingerprint density at radius 3 is 2.26 bits per heavy atom. The minimum atomic E-state index is -3.77. The average Bonchev–Trinajstić information content (AvgIpc) is 2.55. The lowest BCUT2D eigenvalue weighted by molar-refractivity contribution is 0.187. The minimum absolute atomic E-state index is 0.0545. The van der Waals surface area contributed by atoms with Gasteiger partial charge < -0.3 is 9.47 Å². The molecule has 0 heterocycles. The molecule has 0 saturated heterocycles. The Labute approximate surface area is 134 Å². The molecule has 0 unspecified atom stereocenters. The molecule has 2 rings (SSSR count). The van der Waals surface area contributed by atoms with Crippen LogP contribution in [0, 0.1) is 0 Å². The lowest BCUT2D eigenvalue weighted by atomic mass is 10.3. The van der Waals surface area contributed by atoms with Gasteiger partial charge >= 0.3 is 6.09 Å². The van der Waals surface area contributed by atoms with Crippen molar-refractivity contribution in [3.63, 3.8) is 0 Å². The van der Waals surface area contributed by atoms with Crippen LogP contribution >= 0.6 is 0 Å². The van der Waals surface area contributed by atoms with Crippen molar-refractivity contribution < 1.29 is 22.7 Å². The number of carbonyl (C=O) groups excluding carboxylic acids is 1. The van der Waals surface area contributed by atoms with Gasteiger partial charge in [0.2, 0.25) is 0 Å². The summed E-state index contributed by atoms with van der Waals surface area (Å²) in [6, 6.07) is 12.4. The molecule has 0 spiro atoms. The molecule has 23 heavy (non-hydrogen) atoms. The van der Waals surface area contributed by atoms with Crippen LogP contribution < -0.4 is 14.8 Å². The first-order chi connectivity index (χ1) is 11.0. The summed E-state index contributed by atoms with van der Waals surface area (Å²) < 4.78 is 36.8. The third-order valence-electron chi connectivity index (χ3n) is 2.95. The van der Waals surface area contributed by atoms with E-state index in [9.17, 15) is 13.2 Å². The summed E-state index contributed by atoms with van der Waals surface area (Å²) >= 11 is 0. The van der Waals surface area contributed by atoms with E-state index >= 15 is 0 Å². The number of para-hydroxylation sites is 2. The Balaban J connectivity index is 2.21. The minimum Gasteiger partial charge on any atom is -0.495 e. The maximum Gasteiger partial charge on any atom is 0.411 e. The summed E-state index contributed by atoms with van der Waals surface area (Å²) in [4.78, 5) is 11.2. The van der Waals surface area contributed by atoms with Gasteiger partial charge in [0.15, 0.2) is 0 Å². The van der Waals surface area contributed by atoms with Gasteiger partial charge in [0.1, 0.15) is 5.75 Å². The van der Waals surface area contributed by atoms with Crippen LogP contribution in [0.2, 0.25) is 0 Å². The van der Waals surface area contributed by atoms with Crippen molar-refractivity contribution in [2.45, 2.75) is 4.90 Å². The highest BCUT2D eigenvalue weighted by molar-refractivity contribution is 7.92. The van der Waals surface area contributed by atoms with E-state index in [1.165, 1.54) is 38.5 Å². The van der Waals surface area contributed by atoms with E-state index in [0.717, 1.165) is 0 Å². The van der Waals surface area contributed by atoms with E-state index in [4.69, 9.17) is 4.74 Å². The van der Waals surface area contributed by atoms with Gasteiger partial charge in [0.25, 0.3) is 10.0 Å². The lowest BCUT2D eigenvalue weighted by Gasteiger charge is -2.12. The molecular formula is C15H16N2O5S. The fourth-order valence-corrected chi connectivity index (χ4v) is 2.89. The summed E-state index contributed by atoms with van der Waals surface area (Å²) in [5, 5.41) is 2.44. The molecular weight excluding hydrogens is 320 g/mol. The lowest BCUT2D eigenvalue weighted by Crippen LogP contribution is -2.14. The van der Waals surface area contributed by atoms with E-state index in [-0.39, 0.29) is 4.90 Å². The zero-order valence-corrected chi connectivity index (χ0v) is 13.4. The van der Waals surface area contributed by atoms with E-state index < -0.39 is 16.1 Å². The quantitative estimate of drug-likeness (QED) is 0.875. The second kappa shape index (κ2) is 7.01. The van der Waals surface area contributed by atoms with Crippen molar-refractivity contribution in [3.05, 3.63) is 48.5 Å². The number of sulfonamides is 1. The Morgan fingerprint density at radius 2 is 1.65 bits per heavy atom. The zero-order chi connectivity index (χ0) is 16.9. The SMILES string of the molecule is COC(=O)Nc1ccc(S(=O)(=O)Nc2ccccc2OC)cc1. The normalized spacial score (nSPS) is 10.7. The number of ether oxygens (including phenoxy) is 2. The fourth-order valence-electron chi connectivity index (χ4n) is 1.82. The summed E-state index contributed by atoms with van der Waals surface area (Å²) in [7, 11) is -1.07. The molecule has 8 heteroatoms. The van der Waals surface area contributed by atoms with Gasteiger partial charge in [-0.15, -0.1) is 0 Å². The summed E-state index contributed by atoms with van der Waals surface area (Å²) in [5.74, 6) is 0.417. The number of anilines is 2. The molecule has 0 aliphatic carbocycles. The van der Waals surface area contributed by atoms with Crippen molar-refractivity contribution in [2.75, 3.05) is 24.3 Å². The van der Waals surface area contributed by atoms with E-state index in [1.807, 2.05) is 0 Å². The second-order valence-corrected chi connectivity index (χ2v) is 6.13. The van der Waals surface area contributed by atoms with Crippen LogP contribution in [-0.4, -0.2) is 28.7 Å². The molecule has 0 aromatic heterocycles. The Bertz CT molecular complexity index is 788. The van der Waals surface area contributed by atoms with Crippen molar-refractivity contribution in [1.29, 1.82) is 0 Å². The molecule has 2 N–H and O–H groups in total. The van der Waals surface area contributed by atoms with Crippen LogP contribution in [0.3, 0.4) is 0 Å². The third-order valence-corrected chi connectivity index (χ3v) is 4.33. The van der Waals surface area contributed by atoms with Gasteiger partial charge in [0, 0.05) is 5.69 Å². The largest absolute Gasteiger partial charge is 0.495 e. The molecule has 0 aliphatic heterocycles. The van der Waals surface area contributed by atoms with Gasteiger partial charge in [-0.2, -0.15) is 0 Å². The van der Waals surface area contributed by atoms with E-state index in [2.05, 4.69) is 14.8 Å². The summed E-state index contributed by atoms with van der Waals surface area (Å²) in [6.45, 7) is 0. The first kappa shape index (κ1) is 16.6. The molecule has 0 radical (unpaired) electrons. The first-order valence-corrected chi connectivity index (χ1v) is 8.05. The predicted octanol–water partition coefficient (Wildman–Crippen LogP) is 2.67. The number of rotatable bonds is 5. The average molecular weight is 336 g/mol. The zero-order valence-electron chi connectivity index (χ0n) is 12.6. The fraction of sp³-hybridized carbons (Fsp3) is 0.133. The van der Waals surface area contributed by atoms with Crippen molar-refractivity contribution in [1.82, 2.24) is 0 Å². The molecule has 0 bridgehead atoms. The molecule has 0 atom stereocenters. The Hall–Kier alpha value is -2.74. The predicted molar refractivity (Wildman–Crippen MR) is 86.3 cm³/mol. The van der Waals surface area contributed by atoms with Crippen LogP contribution in [0.4, 0.5) is 16.2 Å². The number of nitrogens with one attached hydrogen (secondary N) is 2. The van der Waals surface area contributed by atoms with Crippen LogP contribution in [0.15, 0.2) is 53.4 Å². The Morgan fingerprint density at radius 1 is 1.00 bits per heavy atom. The molecule has 1 amide bonds. The number of hydrogen-bond acceptors (Lipinski definition) is 5. The van der Waals surface area contributed by atoms with Gasteiger partial charge in [-0.3, -0.25) is 10.0 Å². The summed E-state index contributed by atoms with van der Waals surface area (Å²) in [5.41, 5.74) is 0.764. The number of methoxy groups -OCH3 is 2. The van der Waals surface area contributed by atoms with Crippen LogP contribution in [0.25, 0.3) is 0 Å². The number of amides is 1. The Kier molecular flexibility index (Phi) is 5.07. The van der Waals surface area contributed by atoms with Crippen molar-refractivity contribution in [3.8, 4) is 5.75 Å². The molecule has 2 aromatic rings. The molecule has 0 saturated carbocycles. The number of carbonyl (C=O) groups is 1. The molecule has 2 aromatic carbocycles. The highest BCUT2D eigenvalue weighted by atomic mass is 32.2. The third kappa shape index (κ3) is 4.13. The van der Waals surface area contributed by atoms with Gasteiger partial charge in [-0.1, -0.05) is 12.1 Å². The van der Waals surface area contributed by atoms with Crippen molar-refractivity contribution in [2.24, 2.45) is 0 Å². The highest BCUT2D eigenvalue weighted by Gasteiger charge is 2.16. The molecule has 7 nitrogen and oxygen atoms in total. The molecule has 122 valence electrons. The molecule has 0 fully saturated rings. The van der Waals surface area contributed by atoms with Gasteiger partial charge in [-0.05, 0) is 36.4 Å². The topological polar surface area (TPSA) is 93.7 Å². The molecule has 0 aliphatic rings. The van der Waals surface area contributed by atoms with Crippen LogP contribution in [0.5, 0.6) is 5.75 Å². The second-order valence-electron chi connectivity index (χ2n) is 4.45. The van der Waals surface area contributed by atoms with E-state index in [1.54, 1.807) is 24.3 Å². The first-order valence-electron chi connectivity index (χ1n) is 6.57. The summed E-state index contributed by atoms with van der Waals surface area (Å²) in [6.07, 6.45) is -0.632. The van der Waals surface area contributed by atoms with Gasteiger partial charge in [0.05, 0.1) is 24.8 Å². The maximum absolute atomic E-state index is 12.4.